The van der Waals surface area contributed by atoms with Crippen molar-refractivity contribution in [2.45, 2.75) is 20.3 Å². The Kier molecular flexibility index (Phi) is 4.46. The lowest BCUT2D eigenvalue weighted by Crippen LogP contribution is -2.09. The zero-order chi connectivity index (χ0) is 12.8. The molecular formula is C12H17N5S. The third-order valence-corrected chi connectivity index (χ3v) is 3.16. The fourth-order valence-electron chi connectivity index (χ4n) is 1.60. The molecule has 2 rings (SSSR count). The van der Waals surface area contributed by atoms with E-state index < -0.39 is 0 Å². The van der Waals surface area contributed by atoms with Gasteiger partial charge in [-0.1, -0.05) is 0 Å². The maximum Gasteiger partial charge on any atom is 0.131 e. The van der Waals surface area contributed by atoms with E-state index in [1.54, 1.807) is 11.3 Å². The molecule has 0 spiro atoms. The quantitative estimate of drug-likeness (QED) is 0.837. The first-order valence-corrected chi connectivity index (χ1v) is 6.87. The SMILES string of the molecule is CCNc1cc(NCCc2nccs2)nc(C)n1. The fourth-order valence-corrected chi connectivity index (χ4v) is 2.22. The van der Waals surface area contributed by atoms with Gasteiger partial charge >= 0.3 is 0 Å². The van der Waals surface area contributed by atoms with Crippen molar-refractivity contribution in [3.05, 3.63) is 28.5 Å². The van der Waals surface area contributed by atoms with Crippen LogP contribution in [0.5, 0.6) is 0 Å². The molecule has 0 aromatic carbocycles. The van der Waals surface area contributed by atoms with Crippen LogP contribution in [0.1, 0.15) is 17.8 Å². The first-order valence-electron chi connectivity index (χ1n) is 5.99. The lowest BCUT2D eigenvalue weighted by molar-refractivity contribution is 0.967. The van der Waals surface area contributed by atoms with Crippen LogP contribution in [0.2, 0.25) is 0 Å². The van der Waals surface area contributed by atoms with E-state index in [2.05, 4.69) is 25.6 Å². The summed E-state index contributed by atoms with van der Waals surface area (Å²) in [4.78, 5) is 12.9. The second kappa shape index (κ2) is 6.30. The zero-order valence-electron chi connectivity index (χ0n) is 10.6. The lowest BCUT2D eigenvalue weighted by atomic mass is 10.4. The van der Waals surface area contributed by atoms with Gasteiger partial charge in [0.1, 0.15) is 17.5 Å². The number of thiazole rings is 1. The third kappa shape index (κ3) is 3.66. The number of aromatic nitrogens is 3. The van der Waals surface area contributed by atoms with E-state index in [1.807, 2.05) is 31.5 Å². The highest BCUT2D eigenvalue weighted by molar-refractivity contribution is 7.09. The summed E-state index contributed by atoms with van der Waals surface area (Å²) in [5.74, 6) is 2.49. The number of rotatable bonds is 6. The molecule has 18 heavy (non-hydrogen) atoms. The van der Waals surface area contributed by atoms with Crippen LogP contribution in [0.15, 0.2) is 17.6 Å². The second-order valence-electron chi connectivity index (χ2n) is 3.82. The molecule has 0 aliphatic heterocycles. The van der Waals surface area contributed by atoms with Gasteiger partial charge in [-0.3, -0.25) is 0 Å². The summed E-state index contributed by atoms with van der Waals surface area (Å²) in [5.41, 5.74) is 0. The van der Waals surface area contributed by atoms with Crippen molar-refractivity contribution in [3.8, 4) is 0 Å². The topological polar surface area (TPSA) is 62.7 Å². The van der Waals surface area contributed by atoms with Crippen LogP contribution in [0.4, 0.5) is 11.6 Å². The van der Waals surface area contributed by atoms with E-state index >= 15 is 0 Å². The van der Waals surface area contributed by atoms with Crippen molar-refractivity contribution < 1.29 is 0 Å². The summed E-state index contributed by atoms with van der Waals surface area (Å²) >= 11 is 1.68. The summed E-state index contributed by atoms with van der Waals surface area (Å²) < 4.78 is 0. The normalized spacial score (nSPS) is 10.3. The third-order valence-electron chi connectivity index (χ3n) is 2.32. The molecule has 2 N–H and O–H groups in total. The van der Waals surface area contributed by atoms with Gasteiger partial charge in [0.15, 0.2) is 0 Å². The van der Waals surface area contributed by atoms with Gasteiger partial charge in [-0.2, -0.15) is 0 Å². The number of anilines is 2. The van der Waals surface area contributed by atoms with Crippen molar-refractivity contribution >= 4 is 23.0 Å². The van der Waals surface area contributed by atoms with E-state index in [0.29, 0.717) is 0 Å². The maximum absolute atomic E-state index is 4.36. The van der Waals surface area contributed by atoms with Crippen molar-refractivity contribution in [1.29, 1.82) is 0 Å². The Morgan fingerprint density at radius 2 is 2.00 bits per heavy atom. The molecule has 2 heterocycles. The molecule has 0 amide bonds. The number of hydrogen-bond acceptors (Lipinski definition) is 6. The Balaban J connectivity index is 1.92. The van der Waals surface area contributed by atoms with Crippen molar-refractivity contribution in [2.75, 3.05) is 23.7 Å². The fraction of sp³-hybridized carbons (Fsp3) is 0.417. The molecule has 0 radical (unpaired) electrons. The first-order chi connectivity index (χ1) is 8.78. The van der Waals surface area contributed by atoms with Gasteiger partial charge in [0.25, 0.3) is 0 Å². The maximum atomic E-state index is 4.36. The molecule has 96 valence electrons. The Bertz CT molecular complexity index is 483. The molecule has 0 atom stereocenters. The zero-order valence-corrected chi connectivity index (χ0v) is 11.4. The Morgan fingerprint density at radius 3 is 2.67 bits per heavy atom. The van der Waals surface area contributed by atoms with Gasteiger partial charge in [0, 0.05) is 37.2 Å². The summed E-state index contributed by atoms with van der Waals surface area (Å²) in [7, 11) is 0. The van der Waals surface area contributed by atoms with Crippen LogP contribution >= 0.6 is 11.3 Å². The summed E-state index contributed by atoms with van der Waals surface area (Å²) in [6.07, 6.45) is 2.75. The predicted molar refractivity (Wildman–Crippen MR) is 75.2 cm³/mol. The smallest absolute Gasteiger partial charge is 0.131 e. The molecule has 0 unspecified atom stereocenters. The van der Waals surface area contributed by atoms with E-state index in [1.165, 1.54) is 0 Å². The van der Waals surface area contributed by atoms with Crippen LogP contribution in [0.25, 0.3) is 0 Å². The average molecular weight is 263 g/mol. The molecule has 2 aromatic heterocycles. The van der Waals surface area contributed by atoms with E-state index in [0.717, 1.165) is 42.0 Å². The number of nitrogens with one attached hydrogen (secondary N) is 2. The van der Waals surface area contributed by atoms with Crippen LogP contribution in [-0.4, -0.2) is 28.0 Å². The van der Waals surface area contributed by atoms with Gasteiger partial charge < -0.3 is 10.6 Å². The molecule has 0 saturated heterocycles. The lowest BCUT2D eigenvalue weighted by Gasteiger charge is -2.08. The molecule has 0 aliphatic rings. The minimum atomic E-state index is 0.769. The summed E-state index contributed by atoms with van der Waals surface area (Å²) in [6.45, 7) is 5.63. The van der Waals surface area contributed by atoms with Crippen LogP contribution in [0.3, 0.4) is 0 Å². The Labute approximate surface area is 111 Å². The average Bonchev–Trinajstić information content (AvgIpc) is 2.82. The first kappa shape index (κ1) is 12.8. The second-order valence-corrected chi connectivity index (χ2v) is 4.80. The van der Waals surface area contributed by atoms with E-state index in [9.17, 15) is 0 Å². The molecule has 6 heteroatoms. The van der Waals surface area contributed by atoms with Crippen LogP contribution in [0, 0.1) is 6.92 Å². The van der Waals surface area contributed by atoms with E-state index in [-0.39, 0.29) is 0 Å². The Hall–Kier alpha value is -1.69. The predicted octanol–water partition coefficient (Wildman–Crippen LogP) is 2.33. The van der Waals surface area contributed by atoms with Gasteiger partial charge in [-0.15, -0.1) is 11.3 Å². The molecule has 0 bridgehead atoms. The van der Waals surface area contributed by atoms with Gasteiger partial charge in [0.05, 0.1) is 5.01 Å². The van der Waals surface area contributed by atoms with Gasteiger partial charge in [-0.05, 0) is 13.8 Å². The highest BCUT2D eigenvalue weighted by Crippen LogP contribution is 2.11. The molecule has 0 aliphatic carbocycles. The summed E-state index contributed by atoms with van der Waals surface area (Å²) in [6, 6.07) is 1.93. The van der Waals surface area contributed by atoms with Crippen molar-refractivity contribution in [3.63, 3.8) is 0 Å². The number of aryl methyl sites for hydroxylation is 1. The largest absolute Gasteiger partial charge is 0.370 e. The van der Waals surface area contributed by atoms with Gasteiger partial charge in [0.2, 0.25) is 0 Å². The standard InChI is InChI=1S/C12H17N5S/c1-3-13-10-8-11(17-9(2)16-10)14-5-4-12-15-6-7-18-12/h6-8H,3-5H2,1-2H3,(H2,13,14,16,17). The van der Waals surface area contributed by atoms with Crippen molar-refractivity contribution in [2.24, 2.45) is 0 Å². The molecular weight excluding hydrogens is 246 g/mol. The molecule has 0 fully saturated rings. The number of nitrogens with zero attached hydrogens (tertiary/aromatic N) is 3. The molecule has 0 saturated carbocycles. The summed E-state index contributed by atoms with van der Waals surface area (Å²) in [5, 5.41) is 9.62. The minimum absolute atomic E-state index is 0.769. The van der Waals surface area contributed by atoms with E-state index in [4.69, 9.17) is 0 Å². The molecule has 5 nitrogen and oxygen atoms in total. The minimum Gasteiger partial charge on any atom is -0.370 e. The highest BCUT2D eigenvalue weighted by atomic mass is 32.1. The molecule has 2 aromatic rings. The Morgan fingerprint density at radius 1 is 1.22 bits per heavy atom. The monoisotopic (exact) mass is 263 g/mol. The number of hydrogen-bond donors (Lipinski definition) is 2. The van der Waals surface area contributed by atoms with Gasteiger partial charge in [-0.25, -0.2) is 15.0 Å². The van der Waals surface area contributed by atoms with Crippen LogP contribution in [-0.2, 0) is 6.42 Å². The van der Waals surface area contributed by atoms with Crippen molar-refractivity contribution in [1.82, 2.24) is 15.0 Å². The highest BCUT2D eigenvalue weighted by Gasteiger charge is 2.01. The van der Waals surface area contributed by atoms with Crippen LogP contribution < -0.4 is 10.6 Å².